The Morgan fingerprint density at radius 1 is 1.19 bits per heavy atom. The number of benzene rings is 2. The van der Waals surface area contributed by atoms with E-state index >= 15 is 0 Å². The van der Waals surface area contributed by atoms with Crippen LogP contribution in [0.2, 0.25) is 0 Å². The summed E-state index contributed by atoms with van der Waals surface area (Å²) in [6.07, 6.45) is 2.33. The SMILES string of the molecule is CNC(Cc1ccc(C)cc1)c1ccc2c(c1)CC(C)O2. The summed E-state index contributed by atoms with van der Waals surface area (Å²) in [4.78, 5) is 0. The van der Waals surface area contributed by atoms with Crippen LogP contribution in [0.3, 0.4) is 0 Å². The molecule has 1 N–H and O–H groups in total. The third-order valence-electron chi connectivity index (χ3n) is 4.23. The molecule has 1 aliphatic rings. The van der Waals surface area contributed by atoms with Gasteiger partial charge in [-0.2, -0.15) is 0 Å². The van der Waals surface area contributed by atoms with Gasteiger partial charge < -0.3 is 10.1 Å². The van der Waals surface area contributed by atoms with Crippen LogP contribution >= 0.6 is 0 Å². The lowest BCUT2D eigenvalue weighted by molar-refractivity contribution is 0.254. The van der Waals surface area contributed by atoms with Crippen molar-refractivity contribution >= 4 is 0 Å². The number of hydrogen-bond acceptors (Lipinski definition) is 2. The van der Waals surface area contributed by atoms with Crippen molar-refractivity contribution in [1.29, 1.82) is 0 Å². The summed E-state index contributed by atoms with van der Waals surface area (Å²) in [5.74, 6) is 1.05. The molecule has 2 atom stereocenters. The first kappa shape index (κ1) is 14.2. The average Bonchev–Trinajstić information content (AvgIpc) is 2.85. The highest BCUT2D eigenvalue weighted by Gasteiger charge is 2.20. The van der Waals surface area contributed by atoms with Gasteiger partial charge in [-0.3, -0.25) is 0 Å². The van der Waals surface area contributed by atoms with Crippen molar-refractivity contribution in [2.75, 3.05) is 7.05 Å². The molecule has 2 heteroatoms. The van der Waals surface area contributed by atoms with Gasteiger partial charge in [-0.15, -0.1) is 0 Å². The molecule has 0 amide bonds. The fourth-order valence-electron chi connectivity index (χ4n) is 3.01. The molecule has 0 aromatic heterocycles. The van der Waals surface area contributed by atoms with E-state index in [1.54, 1.807) is 0 Å². The first-order chi connectivity index (χ1) is 10.2. The summed E-state index contributed by atoms with van der Waals surface area (Å²) < 4.78 is 5.79. The molecule has 2 nitrogen and oxygen atoms in total. The molecule has 0 saturated carbocycles. The van der Waals surface area contributed by atoms with Gasteiger partial charge in [-0.05, 0) is 50.1 Å². The molecule has 1 heterocycles. The molecule has 2 aromatic rings. The van der Waals surface area contributed by atoms with Crippen molar-refractivity contribution in [3.63, 3.8) is 0 Å². The molecule has 0 bridgehead atoms. The zero-order valence-electron chi connectivity index (χ0n) is 13.0. The number of aryl methyl sites for hydroxylation is 1. The summed E-state index contributed by atoms with van der Waals surface area (Å²) in [5, 5.41) is 3.44. The molecular weight excluding hydrogens is 258 g/mol. The number of hydrogen-bond donors (Lipinski definition) is 1. The fraction of sp³-hybridized carbons (Fsp3) is 0.368. The quantitative estimate of drug-likeness (QED) is 0.920. The van der Waals surface area contributed by atoms with E-state index in [4.69, 9.17) is 4.74 Å². The van der Waals surface area contributed by atoms with Gasteiger partial charge >= 0.3 is 0 Å². The maximum Gasteiger partial charge on any atom is 0.123 e. The van der Waals surface area contributed by atoms with Crippen LogP contribution in [0, 0.1) is 6.92 Å². The third-order valence-corrected chi connectivity index (χ3v) is 4.23. The van der Waals surface area contributed by atoms with Gasteiger partial charge in [-0.25, -0.2) is 0 Å². The van der Waals surface area contributed by atoms with Crippen molar-refractivity contribution in [1.82, 2.24) is 5.32 Å². The zero-order chi connectivity index (χ0) is 14.8. The first-order valence-electron chi connectivity index (χ1n) is 7.68. The Morgan fingerprint density at radius 2 is 1.95 bits per heavy atom. The first-order valence-corrected chi connectivity index (χ1v) is 7.68. The normalized spacial score (nSPS) is 18.1. The summed E-state index contributed by atoms with van der Waals surface area (Å²) in [6, 6.07) is 15.7. The second-order valence-electron chi connectivity index (χ2n) is 6.03. The van der Waals surface area contributed by atoms with Gasteiger partial charge in [0.15, 0.2) is 0 Å². The van der Waals surface area contributed by atoms with Crippen LogP contribution in [0.5, 0.6) is 5.75 Å². The molecule has 21 heavy (non-hydrogen) atoms. The molecule has 0 radical (unpaired) electrons. The van der Waals surface area contributed by atoms with Gasteiger partial charge in [0, 0.05) is 12.5 Å². The molecule has 110 valence electrons. The Labute approximate surface area is 127 Å². The lowest BCUT2D eigenvalue weighted by Gasteiger charge is -2.18. The second kappa shape index (κ2) is 5.90. The summed E-state index contributed by atoms with van der Waals surface area (Å²) in [7, 11) is 2.03. The Hall–Kier alpha value is -1.80. The van der Waals surface area contributed by atoms with Crippen LogP contribution < -0.4 is 10.1 Å². The van der Waals surface area contributed by atoms with Crippen LogP contribution in [0.4, 0.5) is 0 Å². The standard InChI is InChI=1S/C19H23NO/c1-13-4-6-15(7-5-13)11-18(20-3)16-8-9-19-17(12-16)10-14(2)21-19/h4-9,12,14,18,20H,10-11H2,1-3H3. The highest BCUT2D eigenvalue weighted by molar-refractivity contribution is 5.42. The predicted octanol–water partition coefficient (Wildman–Crippen LogP) is 3.82. The van der Waals surface area contributed by atoms with Crippen molar-refractivity contribution < 1.29 is 4.74 Å². The van der Waals surface area contributed by atoms with E-state index in [0.29, 0.717) is 12.1 Å². The predicted molar refractivity (Wildman–Crippen MR) is 86.9 cm³/mol. The topological polar surface area (TPSA) is 21.3 Å². The summed E-state index contributed by atoms with van der Waals surface area (Å²) >= 11 is 0. The molecule has 3 rings (SSSR count). The van der Waals surface area contributed by atoms with Crippen molar-refractivity contribution in [3.8, 4) is 5.75 Å². The fourth-order valence-corrected chi connectivity index (χ4v) is 3.01. The number of ether oxygens (including phenoxy) is 1. The van der Waals surface area contributed by atoms with Crippen molar-refractivity contribution in [2.45, 2.75) is 38.8 Å². The minimum atomic E-state index is 0.306. The number of likely N-dealkylation sites (N-methyl/N-ethyl adjacent to an activating group) is 1. The molecule has 2 aromatic carbocycles. The van der Waals surface area contributed by atoms with E-state index in [1.165, 1.54) is 22.3 Å². The second-order valence-corrected chi connectivity index (χ2v) is 6.03. The monoisotopic (exact) mass is 281 g/mol. The number of fused-ring (bicyclic) bond motifs is 1. The van der Waals surface area contributed by atoms with Gasteiger partial charge in [0.25, 0.3) is 0 Å². The van der Waals surface area contributed by atoms with Crippen LogP contribution in [-0.4, -0.2) is 13.2 Å². The molecule has 0 saturated heterocycles. The van der Waals surface area contributed by atoms with E-state index in [-0.39, 0.29) is 0 Å². The maximum atomic E-state index is 5.79. The molecule has 0 fully saturated rings. The zero-order valence-corrected chi connectivity index (χ0v) is 13.0. The molecule has 1 aliphatic heterocycles. The van der Waals surface area contributed by atoms with Crippen LogP contribution in [0.15, 0.2) is 42.5 Å². The van der Waals surface area contributed by atoms with Crippen LogP contribution in [0.25, 0.3) is 0 Å². The van der Waals surface area contributed by atoms with Gasteiger partial charge in [0.1, 0.15) is 11.9 Å². The molecular formula is C19H23NO. The smallest absolute Gasteiger partial charge is 0.123 e. The van der Waals surface area contributed by atoms with Crippen LogP contribution in [-0.2, 0) is 12.8 Å². The van der Waals surface area contributed by atoms with Gasteiger partial charge in [0.2, 0.25) is 0 Å². The van der Waals surface area contributed by atoms with Gasteiger partial charge in [-0.1, -0.05) is 42.0 Å². The maximum absolute atomic E-state index is 5.79. The van der Waals surface area contributed by atoms with Crippen molar-refractivity contribution in [2.24, 2.45) is 0 Å². The molecule has 0 spiro atoms. The number of rotatable bonds is 4. The Balaban J connectivity index is 1.80. The van der Waals surface area contributed by atoms with E-state index in [9.17, 15) is 0 Å². The average molecular weight is 281 g/mol. The molecule has 0 aliphatic carbocycles. The largest absolute Gasteiger partial charge is 0.490 e. The van der Waals surface area contributed by atoms with E-state index in [2.05, 4.69) is 61.6 Å². The highest BCUT2D eigenvalue weighted by atomic mass is 16.5. The minimum absolute atomic E-state index is 0.306. The van der Waals surface area contributed by atoms with E-state index in [1.807, 2.05) is 7.05 Å². The van der Waals surface area contributed by atoms with Crippen molar-refractivity contribution in [3.05, 3.63) is 64.7 Å². The summed E-state index contributed by atoms with van der Waals surface area (Å²) in [5.41, 5.74) is 5.35. The Kier molecular flexibility index (Phi) is 3.98. The van der Waals surface area contributed by atoms with E-state index in [0.717, 1.165) is 18.6 Å². The van der Waals surface area contributed by atoms with Crippen LogP contribution in [0.1, 0.15) is 35.2 Å². The third kappa shape index (κ3) is 3.11. The lowest BCUT2D eigenvalue weighted by atomic mass is 9.96. The van der Waals surface area contributed by atoms with Gasteiger partial charge in [0.05, 0.1) is 0 Å². The lowest BCUT2D eigenvalue weighted by Crippen LogP contribution is -2.19. The Bertz CT molecular complexity index is 618. The summed E-state index contributed by atoms with van der Waals surface area (Å²) in [6.45, 7) is 4.25. The van der Waals surface area contributed by atoms with E-state index < -0.39 is 0 Å². The minimum Gasteiger partial charge on any atom is -0.490 e. The molecule has 2 unspecified atom stereocenters. The Morgan fingerprint density at radius 3 is 2.67 bits per heavy atom. The number of nitrogens with one attached hydrogen (secondary N) is 1. The highest BCUT2D eigenvalue weighted by Crippen LogP contribution is 2.31.